The van der Waals surface area contributed by atoms with Crippen LogP contribution >= 0.6 is 11.3 Å². The highest BCUT2D eigenvalue weighted by Crippen LogP contribution is 2.28. The van der Waals surface area contributed by atoms with Crippen molar-refractivity contribution in [1.82, 2.24) is 10.2 Å². The van der Waals surface area contributed by atoms with Crippen LogP contribution in [0.4, 0.5) is 0 Å². The van der Waals surface area contributed by atoms with Gasteiger partial charge in [0, 0.05) is 10.9 Å². The number of nitrogens with zero attached hydrogens (tertiary/aromatic N) is 2. The molecule has 5 heteroatoms. The fourth-order valence-corrected chi connectivity index (χ4v) is 1.66. The maximum Gasteiger partial charge on any atom is 0.292 e. The van der Waals surface area contributed by atoms with E-state index in [0.29, 0.717) is 5.75 Å². The summed E-state index contributed by atoms with van der Waals surface area (Å²) in [6.07, 6.45) is 3.10. The minimum Gasteiger partial charge on any atom is -0.384 e. The summed E-state index contributed by atoms with van der Waals surface area (Å²) in [7, 11) is 0. The van der Waals surface area contributed by atoms with Crippen molar-refractivity contribution >= 4 is 11.3 Å². The number of thiophene rings is 1. The van der Waals surface area contributed by atoms with Gasteiger partial charge in [0.2, 0.25) is 0 Å². The van der Waals surface area contributed by atoms with E-state index in [1.54, 1.807) is 17.6 Å². The molecule has 0 aliphatic rings. The number of hydrogen-bond acceptors (Lipinski definition) is 4. The molecule has 0 unspecified atom stereocenters. The van der Waals surface area contributed by atoms with Crippen LogP contribution in [0.2, 0.25) is 0 Å². The predicted octanol–water partition coefficient (Wildman–Crippen LogP) is 2.63. The third-order valence-corrected chi connectivity index (χ3v) is 2.25. The predicted molar refractivity (Wildman–Crippen MR) is 54.9 cm³/mol. The molecule has 0 atom stereocenters. The zero-order valence-corrected chi connectivity index (χ0v) is 7.34. The summed E-state index contributed by atoms with van der Waals surface area (Å²) in [5, 5.41) is 18.8. The number of nitrogens with one attached hydrogen (secondary N) is 1. The minimum atomic E-state index is 0. The van der Waals surface area contributed by atoms with Crippen molar-refractivity contribution in [2.24, 2.45) is 0 Å². The maximum absolute atomic E-state index is 8.35. The Hall–Kier alpha value is -1.80. The highest BCUT2D eigenvalue weighted by molar-refractivity contribution is 7.08. The van der Waals surface area contributed by atoms with E-state index in [9.17, 15) is 0 Å². The van der Waals surface area contributed by atoms with Gasteiger partial charge < -0.3 is 4.74 Å². The number of hydrogen-bond donors (Lipinski definition) is 1. The number of ether oxygens (including phenoxy) is 1. The molecule has 0 saturated carbocycles. The van der Waals surface area contributed by atoms with Gasteiger partial charge in [0.05, 0.1) is 6.20 Å². The highest BCUT2D eigenvalue weighted by Gasteiger charge is 2.08. The van der Waals surface area contributed by atoms with Crippen LogP contribution in [0.15, 0.2) is 23.0 Å². The van der Waals surface area contributed by atoms with Gasteiger partial charge in [0.1, 0.15) is 5.69 Å². The van der Waals surface area contributed by atoms with Gasteiger partial charge in [0.25, 0.3) is 6.26 Å². The molecule has 0 radical (unpaired) electrons. The fourth-order valence-electron chi connectivity index (χ4n) is 1.02. The number of H-pyrrole nitrogens is 1. The molecule has 2 heterocycles. The molecule has 14 heavy (non-hydrogen) atoms. The molecule has 72 valence electrons. The normalized spacial score (nSPS) is 8.79. The summed E-state index contributed by atoms with van der Waals surface area (Å²) >= 11 is 1.58. The van der Waals surface area contributed by atoms with Crippen molar-refractivity contribution in [2.75, 3.05) is 0 Å². The molecule has 0 aromatic carbocycles. The van der Waals surface area contributed by atoms with Crippen molar-refractivity contribution in [3.8, 4) is 23.3 Å². The molecule has 0 spiro atoms. The first-order valence-electron chi connectivity index (χ1n) is 3.53. The Labute approximate surface area is 85.8 Å². The molecule has 2 aromatic heterocycles. The first-order valence-corrected chi connectivity index (χ1v) is 4.48. The van der Waals surface area contributed by atoms with E-state index in [4.69, 9.17) is 10.00 Å². The number of aromatic amines is 1. The largest absolute Gasteiger partial charge is 0.384 e. The lowest BCUT2D eigenvalue weighted by atomic mass is 10.2. The Balaban J connectivity index is 0.000000980. The minimum absolute atomic E-state index is 0. The number of aromatic nitrogens is 2. The quantitative estimate of drug-likeness (QED) is 0.770. The van der Waals surface area contributed by atoms with Crippen molar-refractivity contribution < 1.29 is 4.74 Å². The molecule has 0 aliphatic carbocycles. The third kappa shape index (κ3) is 1.75. The van der Waals surface area contributed by atoms with Gasteiger partial charge in [-0.15, -0.1) is 5.26 Å². The average Bonchev–Trinajstić information content (AvgIpc) is 2.71. The van der Waals surface area contributed by atoms with Crippen LogP contribution in [0.5, 0.6) is 5.75 Å². The Morgan fingerprint density at radius 1 is 1.57 bits per heavy atom. The summed E-state index contributed by atoms with van der Waals surface area (Å²) < 4.78 is 4.72. The van der Waals surface area contributed by atoms with Gasteiger partial charge in [-0.3, -0.25) is 5.10 Å². The molecular formula is C9H9N3OS. The first-order chi connectivity index (χ1) is 6.42. The molecule has 0 saturated heterocycles. The zero-order chi connectivity index (χ0) is 9.10. The lowest BCUT2D eigenvalue weighted by molar-refractivity contribution is 0.509. The van der Waals surface area contributed by atoms with E-state index in [1.165, 1.54) is 6.20 Å². The van der Waals surface area contributed by atoms with Gasteiger partial charge in [-0.2, -0.15) is 16.4 Å². The molecule has 0 aliphatic heterocycles. The number of rotatable bonds is 2. The topological polar surface area (TPSA) is 61.7 Å². The van der Waals surface area contributed by atoms with Crippen LogP contribution in [-0.4, -0.2) is 10.2 Å². The van der Waals surface area contributed by atoms with Gasteiger partial charge in [-0.1, -0.05) is 7.43 Å². The molecular weight excluding hydrogens is 198 g/mol. The molecule has 0 fully saturated rings. The average molecular weight is 207 g/mol. The second-order valence-electron chi connectivity index (χ2n) is 2.31. The molecule has 4 nitrogen and oxygen atoms in total. The van der Waals surface area contributed by atoms with Crippen LogP contribution in [0.1, 0.15) is 7.43 Å². The van der Waals surface area contributed by atoms with Crippen molar-refractivity contribution in [3.05, 3.63) is 23.0 Å². The maximum atomic E-state index is 8.35. The summed E-state index contributed by atoms with van der Waals surface area (Å²) in [4.78, 5) is 0. The zero-order valence-electron chi connectivity index (χ0n) is 6.52. The van der Waals surface area contributed by atoms with Crippen LogP contribution in [0.3, 0.4) is 0 Å². The summed E-state index contributed by atoms with van der Waals surface area (Å²) in [6, 6.07) is 1.93. The van der Waals surface area contributed by atoms with Gasteiger partial charge >= 0.3 is 0 Å². The lowest BCUT2D eigenvalue weighted by Crippen LogP contribution is -1.82. The van der Waals surface area contributed by atoms with E-state index in [-0.39, 0.29) is 7.43 Å². The van der Waals surface area contributed by atoms with Crippen molar-refractivity contribution in [1.29, 1.82) is 5.26 Å². The number of nitriles is 1. The molecule has 2 aromatic rings. The Bertz CT molecular complexity index is 427. The molecule has 2 rings (SSSR count). The summed E-state index contributed by atoms with van der Waals surface area (Å²) in [5.41, 5.74) is 1.72. The van der Waals surface area contributed by atoms with Crippen LogP contribution in [0.25, 0.3) is 11.3 Å². The smallest absolute Gasteiger partial charge is 0.292 e. The standard InChI is InChI=1S/C8H5N3OS.CH4/c9-5-12-7-3-10-11-8(7)6-1-2-13-4-6;/h1-4H,(H,10,11);1H4. The first kappa shape index (κ1) is 10.3. The van der Waals surface area contributed by atoms with Crippen LogP contribution < -0.4 is 4.74 Å². The monoisotopic (exact) mass is 207 g/mol. The summed E-state index contributed by atoms with van der Waals surface area (Å²) in [5.74, 6) is 0.459. The Morgan fingerprint density at radius 3 is 3.07 bits per heavy atom. The van der Waals surface area contributed by atoms with E-state index in [0.717, 1.165) is 11.3 Å². The molecule has 0 amide bonds. The highest BCUT2D eigenvalue weighted by atomic mass is 32.1. The van der Waals surface area contributed by atoms with Crippen molar-refractivity contribution in [2.45, 2.75) is 7.43 Å². The van der Waals surface area contributed by atoms with Crippen LogP contribution in [-0.2, 0) is 0 Å². The Kier molecular flexibility index (Phi) is 3.26. The van der Waals surface area contributed by atoms with Gasteiger partial charge in [0.15, 0.2) is 5.75 Å². The van der Waals surface area contributed by atoms with E-state index in [1.807, 2.05) is 16.8 Å². The second-order valence-corrected chi connectivity index (χ2v) is 3.09. The molecule has 0 bridgehead atoms. The van der Waals surface area contributed by atoms with E-state index in [2.05, 4.69) is 10.2 Å². The second kappa shape index (κ2) is 4.44. The Morgan fingerprint density at radius 2 is 2.43 bits per heavy atom. The van der Waals surface area contributed by atoms with Crippen LogP contribution in [0, 0.1) is 11.5 Å². The van der Waals surface area contributed by atoms with E-state index < -0.39 is 0 Å². The van der Waals surface area contributed by atoms with Crippen molar-refractivity contribution in [3.63, 3.8) is 0 Å². The molecule has 1 N–H and O–H groups in total. The van der Waals surface area contributed by atoms with Gasteiger partial charge in [-0.05, 0) is 11.4 Å². The van der Waals surface area contributed by atoms with E-state index >= 15 is 0 Å². The third-order valence-electron chi connectivity index (χ3n) is 1.57. The SMILES string of the molecule is C.N#COc1cn[nH]c1-c1ccsc1. The summed E-state index contributed by atoms with van der Waals surface area (Å²) in [6.45, 7) is 0. The fraction of sp³-hybridized carbons (Fsp3) is 0.111. The lowest BCUT2D eigenvalue weighted by Gasteiger charge is -1.94. The van der Waals surface area contributed by atoms with Gasteiger partial charge in [-0.25, -0.2) is 0 Å².